The standard InChI is InChI=1S/C32H48BN5O7/c1-20(2)16-28(33-44-27-19-23-18-26(31(23,3)4)32(27,5)45-33)36-29(40)22(11-9-15-35-30(34)37-38(41)42)17-24(39)14-13-21-10-7-8-12-25(21)43-6/h7-8,10,12-14,20,22-23,26-28H,9,11,15-19H2,1-6H3,(H,36,40)(H3,34,35,37)/b14-13-/t22-,23-,26-,27-,28+,32+/m1/s1. The highest BCUT2D eigenvalue weighted by Crippen LogP contribution is 2.65. The molecule has 1 heterocycles. The van der Waals surface area contributed by atoms with Gasteiger partial charge in [-0.05, 0) is 80.4 Å². The smallest absolute Gasteiger partial charge is 0.481 e. The maximum atomic E-state index is 13.9. The van der Waals surface area contributed by atoms with Crippen molar-refractivity contribution in [1.82, 2.24) is 10.7 Å². The van der Waals surface area contributed by atoms with Gasteiger partial charge < -0.3 is 25.1 Å². The topological polar surface area (TPSA) is 167 Å². The molecule has 0 aromatic heterocycles. The lowest BCUT2D eigenvalue weighted by Gasteiger charge is -2.64. The summed E-state index contributed by atoms with van der Waals surface area (Å²) in [6.45, 7) is 11.1. The van der Waals surface area contributed by atoms with E-state index in [0.717, 1.165) is 18.4 Å². The second kappa shape index (κ2) is 14.3. The van der Waals surface area contributed by atoms with Gasteiger partial charge in [0.2, 0.25) is 5.91 Å². The first-order valence-electron chi connectivity index (χ1n) is 15.9. The van der Waals surface area contributed by atoms with Gasteiger partial charge in [-0.1, -0.05) is 51.3 Å². The number of hydrogen-bond acceptors (Lipinski definition) is 8. The summed E-state index contributed by atoms with van der Waals surface area (Å²) < 4.78 is 18.6. The molecule has 45 heavy (non-hydrogen) atoms. The zero-order chi connectivity index (χ0) is 32.9. The van der Waals surface area contributed by atoms with Crippen LogP contribution in [0.4, 0.5) is 0 Å². The van der Waals surface area contributed by atoms with E-state index >= 15 is 0 Å². The minimum atomic E-state index is -0.787. The van der Waals surface area contributed by atoms with Gasteiger partial charge in [0.1, 0.15) is 5.75 Å². The van der Waals surface area contributed by atoms with E-state index in [1.165, 1.54) is 6.08 Å². The average molecular weight is 626 g/mol. The minimum Gasteiger partial charge on any atom is -0.496 e. The van der Waals surface area contributed by atoms with E-state index in [0.29, 0.717) is 36.8 Å². The van der Waals surface area contributed by atoms with Crippen molar-refractivity contribution in [2.24, 2.45) is 39.8 Å². The fourth-order valence-electron chi connectivity index (χ4n) is 7.41. The second-order valence-electron chi connectivity index (χ2n) is 13.8. The Morgan fingerprint density at radius 2 is 2.00 bits per heavy atom. The number of amides is 1. The van der Waals surface area contributed by atoms with Gasteiger partial charge in [0.05, 0.1) is 24.8 Å². The van der Waals surface area contributed by atoms with Crippen molar-refractivity contribution >= 4 is 30.8 Å². The van der Waals surface area contributed by atoms with Gasteiger partial charge in [-0.3, -0.25) is 9.59 Å². The third-order valence-electron chi connectivity index (χ3n) is 9.96. The molecule has 4 N–H and O–H groups in total. The van der Waals surface area contributed by atoms with Gasteiger partial charge in [-0.2, -0.15) is 0 Å². The number of nitrogens with two attached hydrogens (primary N) is 1. The number of carbonyl (C=O) groups excluding carboxylic acids is 2. The van der Waals surface area contributed by atoms with E-state index in [4.69, 9.17) is 19.8 Å². The van der Waals surface area contributed by atoms with Crippen molar-refractivity contribution < 1.29 is 28.7 Å². The van der Waals surface area contributed by atoms with E-state index in [1.54, 1.807) is 13.2 Å². The van der Waals surface area contributed by atoms with Crippen LogP contribution in [0.1, 0.15) is 78.7 Å². The molecule has 1 amide bonds. The number of nitrogens with one attached hydrogen (secondary N) is 2. The molecule has 1 aromatic carbocycles. The normalized spacial score (nSPS) is 26.6. The van der Waals surface area contributed by atoms with Crippen LogP contribution in [-0.2, 0) is 18.9 Å². The first-order chi connectivity index (χ1) is 21.2. The molecule has 6 atom stereocenters. The Morgan fingerprint density at radius 1 is 1.27 bits per heavy atom. The lowest BCUT2D eigenvalue weighted by Crippen LogP contribution is -2.65. The molecule has 4 fully saturated rings. The Labute approximate surface area is 266 Å². The summed E-state index contributed by atoms with van der Waals surface area (Å²) in [5, 5.41) is 13.0. The van der Waals surface area contributed by atoms with Crippen molar-refractivity contribution in [1.29, 1.82) is 0 Å². The molecule has 1 aliphatic heterocycles. The molecular weight excluding hydrogens is 577 g/mol. The lowest BCUT2D eigenvalue weighted by molar-refractivity contribution is -0.525. The number of para-hydroxylation sites is 1. The number of guanidine groups is 1. The summed E-state index contributed by atoms with van der Waals surface area (Å²) in [6.07, 6.45) is 6.56. The molecule has 1 saturated heterocycles. The number of hydrogen-bond donors (Lipinski definition) is 3. The predicted molar refractivity (Wildman–Crippen MR) is 172 cm³/mol. The van der Waals surface area contributed by atoms with Crippen LogP contribution in [0.3, 0.4) is 0 Å². The van der Waals surface area contributed by atoms with Crippen LogP contribution in [-0.4, -0.2) is 61.1 Å². The molecule has 3 aliphatic carbocycles. The molecule has 3 saturated carbocycles. The van der Waals surface area contributed by atoms with E-state index in [1.807, 2.05) is 29.7 Å². The third-order valence-corrected chi connectivity index (χ3v) is 9.96. The lowest BCUT2D eigenvalue weighted by atomic mass is 9.43. The van der Waals surface area contributed by atoms with Crippen molar-refractivity contribution in [3.05, 3.63) is 46.0 Å². The Balaban J connectivity index is 1.47. The van der Waals surface area contributed by atoms with Crippen LogP contribution in [0.25, 0.3) is 6.08 Å². The first-order valence-corrected chi connectivity index (χ1v) is 15.9. The Bertz CT molecular complexity index is 1300. The zero-order valence-electron chi connectivity index (χ0n) is 27.3. The molecule has 0 radical (unpaired) electrons. The Hall–Kier alpha value is -3.45. The Morgan fingerprint density at radius 3 is 2.67 bits per heavy atom. The largest absolute Gasteiger partial charge is 0.496 e. The van der Waals surface area contributed by atoms with E-state index in [-0.39, 0.29) is 54.0 Å². The number of nitro groups is 1. The van der Waals surface area contributed by atoms with E-state index < -0.39 is 23.7 Å². The van der Waals surface area contributed by atoms with Crippen molar-refractivity contribution in [3.63, 3.8) is 0 Å². The van der Waals surface area contributed by atoms with Crippen molar-refractivity contribution in [2.75, 3.05) is 13.7 Å². The summed E-state index contributed by atoms with van der Waals surface area (Å²) in [5.41, 5.74) is 7.89. The summed E-state index contributed by atoms with van der Waals surface area (Å²) >= 11 is 0. The number of rotatable bonds is 15. The SMILES string of the molecule is COc1ccccc1/C=C\C(=O)C[C@@H](CCCN=C(N)N[N+](=O)[O-])C(=O)N[C@@H](CC(C)C)B1O[C@@H]2C[C@H]3C[C@H](C3(C)C)[C@]2(C)O1. The molecule has 13 heteroatoms. The number of methoxy groups -OCH3 is 1. The predicted octanol–water partition coefficient (Wildman–Crippen LogP) is 3.96. The van der Waals surface area contributed by atoms with Crippen molar-refractivity contribution in [2.45, 2.75) is 90.8 Å². The molecule has 2 bridgehead atoms. The molecule has 1 aromatic rings. The average Bonchev–Trinajstić information content (AvgIpc) is 3.34. The van der Waals surface area contributed by atoms with Crippen molar-refractivity contribution in [3.8, 4) is 5.75 Å². The summed E-state index contributed by atoms with van der Waals surface area (Å²) in [4.78, 5) is 41.6. The first kappa shape index (κ1) is 34.4. The van der Waals surface area contributed by atoms with Gasteiger partial charge in [0.15, 0.2) is 10.8 Å². The number of allylic oxidation sites excluding steroid dienone is 1. The zero-order valence-corrected chi connectivity index (χ0v) is 27.3. The van der Waals surface area contributed by atoms with Crippen LogP contribution in [0.5, 0.6) is 5.75 Å². The van der Waals surface area contributed by atoms with Gasteiger partial charge in [0, 0.05) is 24.4 Å². The number of carbonyl (C=O) groups is 2. The quantitative estimate of drug-likeness (QED) is 0.0497. The minimum absolute atomic E-state index is 0.0144. The molecule has 0 spiro atoms. The summed E-state index contributed by atoms with van der Waals surface area (Å²) in [7, 11) is 0.983. The number of benzene rings is 1. The van der Waals surface area contributed by atoms with E-state index in [2.05, 4.69) is 44.9 Å². The number of ketones is 1. The summed E-state index contributed by atoms with van der Waals surface area (Å²) in [5.74, 6) is 0.0483. The Kier molecular flexibility index (Phi) is 11.0. The monoisotopic (exact) mass is 625 g/mol. The van der Waals surface area contributed by atoms with E-state index in [9.17, 15) is 19.7 Å². The van der Waals surface area contributed by atoms with Gasteiger partial charge in [-0.25, -0.2) is 15.1 Å². The number of hydrazine groups is 1. The molecule has 12 nitrogen and oxygen atoms in total. The van der Waals surface area contributed by atoms with Gasteiger partial charge in [-0.15, -0.1) is 0 Å². The highest BCUT2D eigenvalue weighted by atomic mass is 16.7. The molecule has 246 valence electrons. The molecule has 5 rings (SSSR count). The number of ether oxygens (including phenoxy) is 1. The van der Waals surface area contributed by atoms with Gasteiger partial charge in [0.25, 0.3) is 5.96 Å². The highest BCUT2D eigenvalue weighted by Gasteiger charge is 2.68. The highest BCUT2D eigenvalue weighted by molar-refractivity contribution is 6.47. The fraction of sp³-hybridized carbons (Fsp3) is 0.656. The maximum absolute atomic E-state index is 13.9. The van der Waals surface area contributed by atoms with Gasteiger partial charge >= 0.3 is 7.12 Å². The van der Waals surface area contributed by atoms with Crippen LogP contribution in [0, 0.1) is 39.2 Å². The van der Waals surface area contributed by atoms with Crippen LogP contribution in [0.15, 0.2) is 35.3 Å². The van der Waals surface area contributed by atoms with Crippen LogP contribution < -0.4 is 21.2 Å². The molecule has 4 aliphatic rings. The number of aliphatic imine (C=N–C) groups is 1. The number of nitrogens with zero attached hydrogens (tertiary/aromatic N) is 2. The fourth-order valence-corrected chi connectivity index (χ4v) is 7.41. The van der Waals surface area contributed by atoms with Crippen LogP contribution >= 0.6 is 0 Å². The molecule has 0 unspecified atom stereocenters. The molecular formula is C32H48BN5O7. The second-order valence-corrected chi connectivity index (χ2v) is 13.8. The van der Waals surface area contributed by atoms with Crippen LogP contribution in [0.2, 0.25) is 0 Å². The third kappa shape index (κ3) is 8.05. The maximum Gasteiger partial charge on any atom is 0.481 e. The summed E-state index contributed by atoms with van der Waals surface area (Å²) in [6, 6.07) is 7.35.